The van der Waals surface area contributed by atoms with Crippen LogP contribution in [0.25, 0.3) is 0 Å². The van der Waals surface area contributed by atoms with Gasteiger partial charge in [-0.05, 0) is 56.3 Å². The first kappa shape index (κ1) is 22.4. The Morgan fingerprint density at radius 2 is 1.65 bits per heavy atom. The minimum Gasteiger partial charge on any atom is -0.497 e. The summed E-state index contributed by atoms with van der Waals surface area (Å²) in [6.07, 6.45) is 0. The number of amides is 3. The number of ether oxygens (including phenoxy) is 1. The highest BCUT2D eigenvalue weighted by atomic mass is 32.2. The van der Waals surface area contributed by atoms with E-state index in [1.165, 1.54) is 49.6 Å². The topological polar surface area (TPSA) is 122 Å². The number of benzene rings is 2. The Morgan fingerprint density at radius 1 is 1.00 bits per heavy atom. The molecule has 0 radical (unpaired) electrons. The summed E-state index contributed by atoms with van der Waals surface area (Å²) in [6.45, 7) is 3.49. The second-order valence-electron chi connectivity index (χ2n) is 7.16. The molecule has 0 aliphatic carbocycles. The molecule has 1 aliphatic rings. The fourth-order valence-electron chi connectivity index (χ4n) is 3.17. The Labute approximate surface area is 180 Å². The highest BCUT2D eigenvalue weighted by molar-refractivity contribution is 7.89. The number of fused-ring (bicyclic) bond motifs is 1. The second-order valence-corrected chi connectivity index (χ2v) is 8.93. The Bertz CT molecular complexity index is 1130. The summed E-state index contributed by atoms with van der Waals surface area (Å²) in [5.41, 5.74) is 0.664. The molecule has 0 spiro atoms. The first-order valence-corrected chi connectivity index (χ1v) is 11.1. The number of sulfonamides is 1. The maximum atomic E-state index is 12.5. The van der Waals surface area contributed by atoms with E-state index in [-0.39, 0.29) is 46.6 Å². The number of carbonyl (C=O) groups excluding carboxylic acids is 3. The van der Waals surface area contributed by atoms with Crippen LogP contribution >= 0.6 is 0 Å². The largest absolute Gasteiger partial charge is 0.497 e. The van der Waals surface area contributed by atoms with E-state index in [1.807, 2.05) is 0 Å². The van der Waals surface area contributed by atoms with Gasteiger partial charge in [0.05, 0.1) is 23.1 Å². The summed E-state index contributed by atoms with van der Waals surface area (Å²) in [4.78, 5) is 38.4. The zero-order valence-electron chi connectivity index (χ0n) is 17.3. The van der Waals surface area contributed by atoms with Crippen molar-refractivity contribution < 1.29 is 27.5 Å². The van der Waals surface area contributed by atoms with Crippen LogP contribution in [0.1, 0.15) is 44.9 Å². The summed E-state index contributed by atoms with van der Waals surface area (Å²) < 4.78 is 32.0. The molecule has 0 bridgehead atoms. The average Bonchev–Trinajstić information content (AvgIpc) is 3.00. The average molecular weight is 445 g/mol. The molecule has 2 aromatic rings. The molecule has 0 aromatic heterocycles. The van der Waals surface area contributed by atoms with E-state index in [4.69, 9.17) is 4.74 Å². The van der Waals surface area contributed by atoms with Gasteiger partial charge in [0.25, 0.3) is 17.7 Å². The van der Waals surface area contributed by atoms with Crippen molar-refractivity contribution in [3.8, 4) is 5.75 Å². The van der Waals surface area contributed by atoms with Gasteiger partial charge in [-0.25, -0.2) is 13.1 Å². The van der Waals surface area contributed by atoms with Crippen LogP contribution in [0.4, 0.5) is 0 Å². The molecule has 2 aromatic carbocycles. The summed E-state index contributed by atoms with van der Waals surface area (Å²) in [5, 5.41) is 2.60. The van der Waals surface area contributed by atoms with E-state index in [2.05, 4.69) is 10.0 Å². The standard InChI is InChI=1S/C21H23N3O6S/c1-13(2)24-20(26)17-9-4-14(12-18(17)21(24)27)19(25)22-10-11-23-31(28,29)16-7-5-15(30-3)6-8-16/h4-9,12-13,23H,10-11H2,1-3H3,(H,22,25). The smallest absolute Gasteiger partial charge is 0.261 e. The molecule has 3 amide bonds. The van der Waals surface area contributed by atoms with Gasteiger partial charge in [-0.3, -0.25) is 19.3 Å². The number of rotatable bonds is 8. The Balaban J connectivity index is 1.58. The van der Waals surface area contributed by atoms with Crippen molar-refractivity contribution >= 4 is 27.7 Å². The van der Waals surface area contributed by atoms with Crippen LogP contribution in [0.3, 0.4) is 0 Å². The lowest BCUT2D eigenvalue weighted by Crippen LogP contribution is -2.36. The van der Waals surface area contributed by atoms with Crippen LogP contribution in [-0.2, 0) is 10.0 Å². The highest BCUT2D eigenvalue weighted by Gasteiger charge is 2.37. The zero-order chi connectivity index (χ0) is 22.8. The Hall–Kier alpha value is -3.24. The van der Waals surface area contributed by atoms with Gasteiger partial charge in [0.15, 0.2) is 0 Å². The van der Waals surface area contributed by atoms with Crippen LogP contribution in [0.15, 0.2) is 47.4 Å². The van der Waals surface area contributed by atoms with Gasteiger partial charge in [-0.1, -0.05) is 0 Å². The van der Waals surface area contributed by atoms with Gasteiger partial charge >= 0.3 is 0 Å². The van der Waals surface area contributed by atoms with E-state index in [0.29, 0.717) is 5.75 Å². The molecule has 164 valence electrons. The number of methoxy groups -OCH3 is 1. The summed E-state index contributed by atoms with van der Waals surface area (Å²) >= 11 is 0. The predicted octanol–water partition coefficient (Wildman–Crippen LogP) is 1.41. The summed E-state index contributed by atoms with van der Waals surface area (Å²) in [6, 6.07) is 9.93. The maximum Gasteiger partial charge on any atom is 0.261 e. The minimum atomic E-state index is -3.73. The molecule has 1 heterocycles. The van der Waals surface area contributed by atoms with Crippen molar-refractivity contribution in [2.45, 2.75) is 24.8 Å². The van der Waals surface area contributed by atoms with Gasteiger partial charge in [-0.2, -0.15) is 0 Å². The van der Waals surface area contributed by atoms with Gasteiger partial charge in [0.2, 0.25) is 10.0 Å². The first-order chi connectivity index (χ1) is 14.7. The molecule has 9 nitrogen and oxygen atoms in total. The molecule has 0 saturated carbocycles. The van der Waals surface area contributed by atoms with E-state index in [0.717, 1.165) is 4.90 Å². The van der Waals surface area contributed by atoms with Crippen molar-refractivity contribution in [1.29, 1.82) is 0 Å². The Kier molecular flexibility index (Phi) is 6.42. The van der Waals surface area contributed by atoms with Crippen molar-refractivity contribution in [3.63, 3.8) is 0 Å². The third kappa shape index (κ3) is 4.59. The summed E-state index contributed by atoms with van der Waals surface area (Å²) in [5.74, 6) is -0.751. The van der Waals surface area contributed by atoms with E-state index < -0.39 is 21.8 Å². The van der Waals surface area contributed by atoms with Gasteiger partial charge in [0, 0.05) is 24.7 Å². The van der Waals surface area contributed by atoms with E-state index in [1.54, 1.807) is 13.8 Å². The number of hydrogen-bond acceptors (Lipinski definition) is 6. The third-order valence-electron chi connectivity index (χ3n) is 4.77. The monoisotopic (exact) mass is 445 g/mol. The Morgan fingerprint density at radius 3 is 2.26 bits per heavy atom. The number of nitrogens with zero attached hydrogens (tertiary/aromatic N) is 1. The van der Waals surface area contributed by atoms with Crippen LogP contribution in [-0.4, -0.2) is 57.3 Å². The lowest BCUT2D eigenvalue weighted by Gasteiger charge is -2.17. The lowest BCUT2D eigenvalue weighted by molar-refractivity contribution is 0.0609. The molecule has 0 fully saturated rings. The molecule has 10 heteroatoms. The first-order valence-electron chi connectivity index (χ1n) is 9.59. The third-order valence-corrected chi connectivity index (χ3v) is 6.25. The molecular weight excluding hydrogens is 422 g/mol. The summed E-state index contributed by atoms with van der Waals surface area (Å²) in [7, 11) is -2.24. The fraction of sp³-hybridized carbons (Fsp3) is 0.286. The minimum absolute atomic E-state index is 0.0242. The van der Waals surface area contributed by atoms with Crippen LogP contribution in [0.2, 0.25) is 0 Å². The molecule has 2 N–H and O–H groups in total. The number of imide groups is 1. The highest BCUT2D eigenvalue weighted by Crippen LogP contribution is 2.25. The van der Waals surface area contributed by atoms with Crippen LogP contribution < -0.4 is 14.8 Å². The van der Waals surface area contributed by atoms with Gasteiger partial charge in [-0.15, -0.1) is 0 Å². The maximum absolute atomic E-state index is 12.5. The van der Waals surface area contributed by atoms with Crippen molar-refractivity contribution in [1.82, 2.24) is 14.9 Å². The molecular formula is C21H23N3O6S. The zero-order valence-corrected chi connectivity index (χ0v) is 18.2. The van der Waals surface area contributed by atoms with Crippen molar-refractivity contribution in [2.24, 2.45) is 0 Å². The van der Waals surface area contributed by atoms with Gasteiger partial charge < -0.3 is 10.1 Å². The van der Waals surface area contributed by atoms with Crippen molar-refractivity contribution in [2.75, 3.05) is 20.2 Å². The van der Waals surface area contributed by atoms with Crippen LogP contribution in [0.5, 0.6) is 5.75 Å². The molecule has 1 aliphatic heterocycles. The van der Waals surface area contributed by atoms with Gasteiger partial charge in [0.1, 0.15) is 5.75 Å². The van der Waals surface area contributed by atoms with E-state index >= 15 is 0 Å². The predicted molar refractivity (Wildman–Crippen MR) is 113 cm³/mol. The number of carbonyl (C=O) groups is 3. The van der Waals surface area contributed by atoms with Crippen LogP contribution in [0, 0.1) is 0 Å². The lowest BCUT2D eigenvalue weighted by atomic mass is 10.1. The quantitative estimate of drug-likeness (QED) is 0.468. The molecule has 0 atom stereocenters. The van der Waals surface area contributed by atoms with E-state index in [9.17, 15) is 22.8 Å². The van der Waals surface area contributed by atoms with Crippen molar-refractivity contribution in [3.05, 3.63) is 59.2 Å². The SMILES string of the molecule is COc1ccc(S(=O)(=O)NCCNC(=O)c2ccc3c(c2)C(=O)N(C(C)C)C3=O)cc1. The molecule has 31 heavy (non-hydrogen) atoms. The second kappa shape index (κ2) is 8.86. The normalized spacial score (nSPS) is 13.5. The molecule has 0 unspecified atom stereocenters. The fourth-order valence-corrected chi connectivity index (χ4v) is 4.20. The number of hydrogen-bond donors (Lipinski definition) is 2. The molecule has 3 rings (SSSR count). The molecule has 0 saturated heterocycles. The number of nitrogens with one attached hydrogen (secondary N) is 2.